The van der Waals surface area contributed by atoms with E-state index in [1.54, 1.807) is 0 Å². The van der Waals surface area contributed by atoms with Crippen LogP contribution in [0.1, 0.15) is 19.3 Å². The van der Waals surface area contributed by atoms with Crippen molar-refractivity contribution in [2.24, 2.45) is 0 Å². The second kappa shape index (κ2) is 7.16. The molecule has 2 atom stereocenters. The molecule has 1 aliphatic rings. The molecule has 0 spiro atoms. The summed E-state index contributed by atoms with van der Waals surface area (Å²) in [6.07, 6.45) is 5.71. The minimum absolute atomic E-state index is 0.504. The van der Waals surface area contributed by atoms with Crippen LogP contribution in [0, 0.1) is 0 Å². The summed E-state index contributed by atoms with van der Waals surface area (Å²) in [5.74, 6) is 0. The topological polar surface area (TPSA) is 17.1 Å². The van der Waals surface area contributed by atoms with Gasteiger partial charge in [0.25, 0.3) is 0 Å². The van der Waals surface area contributed by atoms with E-state index >= 15 is 0 Å². The molecule has 1 fully saturated rings. The van der Waals surface area contributed by atoms with Crippen molar-refractivity contribution in [3.63, 3.8) is 0 Å². The first-order chi connectivity index (χ1) is 10.7. The van der Waals surface area contributed by atoms with E-state index in [0.717, 1.165) is 12.6 Å². The summed E-state index contributed by atoms with van der Waals surface area (Å²) in [6, 6.07) is 22.0. The van der Waals surface area contributed by atoms with Crippen LogP contribution in [-0.4, -0.2) is 25.5 Å². The molecule has 1 aliphatic heterocycles. The molecule has 116 valence electrons. The molecule has 0 amide bonds. The Hall–Kier alpha value is -0.835. The van der Waals surface area contributed by atoms with Crippen LogP contribution in [0.15, 0.2) is 60.7 Å². The van der Waals surface area contributed by atoms with Gasteiger partial charge in [-0.15, -0.1) is 0 Å². The molecule has 0 saturated carbocycles. The van der Waals surface area contributed by atoms with Crippen LogP contribution in [0.2, 0.25) is 0 Å². The van der Waals surface area contributed by atoms with Crippen LogP contribution >= 0.6 is 14.9 Å². The molecule has 1 saturated heterocycles. The Morgan fingerprint density at radius 1 is 1.00 bits per heavy atom. The van der Waals surface area contributed by atoms with Crippen molar-refractivity contribution >= 4 is 33.1 Å². The molecule has 1 unspecified atom stereocenters. The normalized spacial score (nSPS) is 22.5. The maximum absolute atomic E-state index is 12.2. The molecule has 2 aromatic carbocycles. The van der Waals surface area contributed by atoms with Crippen LogP contribution in [0.5, 0.6) is 0 Å². The van der Waals surface area contributed by atoms with Gasteiger partial charge < -0.3 is 0 Å². The molecule has 3 rings (SSSR count). The molecule has 2 aromatic rings. The van der Waals surface area contributed by atoms with Crippen molar-refractivity contribution in [2.75, 3.05) is 12.3 Å². The quantitative estimate of drug-likeness (QED) is 0.608. The fourth-order valence-electron chi connectivity index (χ4n) is 3.72. The Morgan fingerprint density at radius 2 is 1.55 bits per heavy atom. The van der Waals surface area contributed by atoms with Gasteiger partial charge >= 0.3 is 136 Å². The summed E-state index contributed by atoms with van der Waals surface area (Å²) >= 11 is 0. The zero-order valence-corrected chi connectivity index (χ0v) is 15.3. The number of benzene rings is 2. The fraction of sp³-hybridized carbons (Fsp3) is 0.333. The molecule has 22 heavy (non-hydrogen) atoms. The standard InChI is InChI=1S/C18H25BOP2/c19-22(17-9-3-1-4-10-17,18-11-5-2-6-12-18)15-13-16-8-7-14-21(16)20/h1-6,9-12,16,21-22H,7-8,13-15,19H2/t16-/m1/s1. The van der Waals surface area contributed by atoms with Crippen LogP contribution in [-0.2, 0) is 4.57 Å². The number of hydrogen-bond acceptors (Lipinski definition) is 1. The third-order valence-corrected chi connectivity index (χ3v) is 12.1. The van der Waals surface area contributed by atoms with Crippen molar-refractivity contribution in [1.29, 1.82) is 0 Å². The first kappa shape index (κ1) is 16.0. The molecular weight excluding hydrogens is 305 g/mol. The summed E-state index contributed by atoms with van der Waals surface area (Å²) in [6.45, 7) is 0. The Balaban J connectivity index is 1.88. The predicted molar refractivity (Wildman–Crippen MR) is 105 cm³/mol. The van der Waals surface area contributed by atoms with E-state index in [2.05, 4.69) is 68.2 Å². The molecule has 0 radical (unpaired) electrons. The Bertz CT molecular complexity index is 591. The Kier molecular flexibility index (Phi) is 5.22. The predicted octanol–water partition coefficient (Wildman–Crippen LogP) is 3.05. The Labute approximate surface area is 136 Å². The van der Waals surface area contributed by atoms with Crippen molar-refractivity contribution in [3.05, 3.63) is 60.7 Å². The van der Waals surface area contributed by atoms with Crippen LogP contribution < -0.4 is 10.6 Å². The monoisotopic (exact) mass is 330 g/mol. The first-order valence-electron chi connectivity index (χ1n) is 8.34. The van der Waals surface area contributed by atoms with Gasteiger partial charge in [-0.3, -0.25) is 0 Å². The van der Waals surface area contributed by atoms with Gasteiger partial charge in [0, 0.05) is 0 Å². The zero-order valence-electron chi connectivity index (χ0n) is 13.3. The summed E-state index contributed by atoms with van der Waals surface area (Å²) in [7, 11) is -0.554. The molecular formula is C18H25BOP2. The van der Waals surface area contributed by atoms with Crippen molar-refractivity contribution in [3.8, 4) is 0 Å². The summed E-state index contributed by atoms with van der Waals surface area (Å²) in [5, 5.41) is 3.00. The van der Waals surface area contributed by atoms with E-state index in [1.807, 2.05) is 0 Å². The van der Waals surface area contributed by atoms with E-state index < -0.39 is 14.9 Å². The van der Waals surface area contributed by atoms with Crippen LogP contribution in [0.3, 0.4) is 0 Å². The summed E-state index contributed by atoms with van der Waals surface area (Å²) in [5.41, 5.74) is 0.504. The fourth-order valence-corrected chi connectivity index (χ4v) is 9.66. The third-order valence-electron chi connectivity index (χ3n) is 5.25. The number of rotatable bonds is 5. The first-order valence-corrected chi connectivity index (χ1v) is 12.7. The van der Waals surface area contributed by atoms with Gasteiger partial charge in [-0.1, -0.05) is 0 Å². The van der Waals surface area contributed by atoms with Gasteiger partial charge in [-0.05, 0) is 0 Å². The zero-order chi connectivity index (χ0) is 15.4. The van der Waals surface area contributed by atoms with Crippen molar-refractivity contribution < 1.29 is 4.57 Å². The molecule has 0 aromatic heterocycles. The van der Waals surface area contributed by atoms with Gasteiger partial charge in [-0.25, -0.2) is 0 Å². The minimum atomic E-state index is -1.72. The molecule has 1 heterocycles. The molecule has 0 N–H and O–H groups in total. The van der Waals surface area contributed by atoms with E-state index in [-0.39, 0.29) is 0 Å². The SMILES string of the molecule is B[PH](CC[C@H]1CCC[PH]1=O)(c1ccccc1)c1ccccc1. The molecule has 0 bridgehead atoms. The van der Waals surface area contributed by atoms with Crippen molar-refractivity contribution in [2.45, 2.75) is 24.9 Å². The second-order valence-electron chi connectivity index (χ2n) is 6.66. The van der Waals surface area contributed by atoms with E-state index in [4.69, 9.17) is 0 Å². The average Bonchev–Trinajstić information content (AvgIpc) is 2.99. The van der Waals surface area contributed by atoms with Crippen LogP contribution in [0.25, 0.3) is 0 Å². The molecule has 4 heteroatoms. The van der Waals surface area contributed by atoms with Gasteiger partial charge in [0.15, 0.2) is 0 Å². The van der Waals surface area contributed by atoms with E-state index in [1.165, 1.54) is 29.6 Å². The van der Waals surface area contributed by atoms with E-state index in [0.29, 0.717) is 5.66 Å². The average molecular weight is 330 g/mol. The summed E-state index contributed by atoms with van der Waals surface area (Å²) < 4.78 is 12.2. The van der Waals surface area contributed by atoms with Crippen molar-refractivity contribution in [1.82, 2.24) is 0 Å². The van der Waals surface area contributed by atoms with Gasteiger partial charge in [0.05, 0.1) is 0 Å². The van der Waals surface area contributed by atoms with Crippen LogP contribution in [0.4, 0.5) is 0 Å². The molecule has 1 nitrogen and oxygen atoms in total. The van der Waals surface area contributed by atoms with Gasteiger partial charge in [0.2, 0.25) is 0 Å². The summed E-state index contributed by atoms with van der Waals surface area (Å²) in [4.78, 5) is 0. The van der Waals surface area contributed by atoms with E-state index in [9.17, 15) is 4.57 Å². The molecule has 0 aliphatic carbocycles. The van der Waals surface area contributed by atoms with Gasteiger partial charge in [-0.2, -0.15) is 0 Å². The van der Waals surface area contributed by atoms with Gasteiger partial charge in [0.1, 0.15) is 0 Å². The third kappa shape index (κ3) is 3.39. The Morgan fingerprint density at radius 3 is 2.00 bits per heavy atom. The maximum atomic E-state index is 12.2. The second-order valence-corrected chi connectivity index (χ2v) is 13.2. The number of hydrogen-bond donors (Lipinski definition) is 0.